The van der Waals surface area contributed by atoms with Gasteiger partial charge in [-0.2, -0.15) is 5.10 Å². The first-order valence-electron chi connectivity index (χ1n) is 8.32. The Kier molecular flexibility index (Phi) is 7.06. The van der Waals surface area contributed by atoms with Gasteiger partial charge >= 0.3 is 0 Å². The number of aromatic hydroxyl groups is 1. The highest BCUT2D eigenvalue weighted by molar-refractivity contribution is 9.11. The standard InChI is InChI=1S/C20H22Br2N2O3/c1-12-7-14(20(2,3)4)5-6-17(12)27-11-18(25)24-23-10-13-8-15(21)9-16(22)19(13)26/h5-10,26H,11H2,1-4H3,(H,24,25)/b23-10-. The van der Waals surface area contributed by atoms with Crippen LogP contribution in [-0.2, 0) is 10.2 Å². The van der Waals surface area contributed by atoms with Gasteiger partial charge < -0.3 is 9.84 Å². The minimum Gasteiger partial charge on any atom is -0.506 e. The zero-order valence-electron chi connectivity index (χ0n) is 15.6. The third-order valence-electron chi connectivity index (χ3n) is 3.85. The molecule has 2 aromatic rings. The first kappa shape index (κ1) is 21.4. The Balaban J connectivity index is 1.94. The number of ether oxygens (including phenoxy) is 1. The Morgan fingerprint density at radius 3 is 2.59 bits per heavy atom. The normalized spacial score (nSPS) is 11.6. The first-order valence-corrected chi connectivity index (χ1v) is 9.90. The monoisotopic (exact) mass is 496 g/mol. The number of phenols is 1. The second-order valence-electron chi connectivity index (χ2n) is 7.14. The number of amides is 1. The Labute approximate surface area is 176 Å². The van der Waals surface area contributed by atoms with Crippen LogP contribution in [0, 0.1) is 6.92 Å². The summed E-state index contributed by atoms with van der Waals surface area (Å²) < 4.78 is 6.89. The number of phenolic OH excluding ortho intramolecular Hbond substituents is 1. The molecule has 0 aliphatic rings. The first-order chi connectivity index (χ1) is 12.6. The maximum absolute atomic E-state index is 11.9. The lowest BCUT2D eigenvalue weighted by molar-refractivity contribution is -0.123. The van der Waals surface area contributed by atoms with Gasteiger partial charge in [0, 0.05) is 10.0 Å². The second-order valence-corrected chi connectivity index (χ2v) is 8.91. The van der Waals surface area contributed by atoms with Gasteiger partial charge in [0.1, 0.15) is 11.5 Å². The largest absolute Gasteiger partial charge is 0.506 e. The number of carbonyl (C=O) groups excluding carboxylic acids is 1. The lowest BCUT2D eigenvalue weighted by Gasteiger charge is -2.20. The summed E-state index contributed by atoms with van der Waals surface area (Å²) >= 11 is 6.58. The fourth-order valence-corrected chi connectivity index (χ4v) is 3.57. The smallest absolute Gasteiger partial charge is 0.277 e. The summed E-state index contributed by atoms with van der Waals surface area (Å²) in [5.41, 5.74) is 5.09. The van der Waals surface area contributed by atoms with Gasteiger partial charge in [-0.15, -0.1) is 0 Å². The molecule has 0 aliphatic carbocycles. The maximum Gasteiger partial charge on any atom is 0.277 e. The molecular weight excluding hydrogens is 476 g/mol. The Morgan fingerprint density at radius 2 is 1.96 bits per heavy atom. The van der Waals surface area contributed by atoms with Gasteiger partial charge in [0.15, 0.2) is 6.61 Å². The molecule has 2 N–H and O–H groups in total. The summed E-state index contributed by atoms with van der Waals surface area (Å²) in [5, 5.41) is 13.8. The summed E-state index contributed by atoms with van der Waals surface area (Å²) in [6, 6.07) is 9.36. The molecule has 1 amide bonds. The number of hydrogen-bond donors (Lipinski definition) is 2. The van der Waals surface area contributed by atoms with Crippen LogP contribution in [0.4, 0.5) is 0 Å². The van der Waals surface area contributed by atoms with E-state index >= 15 is 0 Å². The van der Waals surface area contributed by atoms with Crippen molar-refractivity contribution in [3.8, 4) is 11.5 Å². The number of aryl methyl sites for hydroxylation is 1. The minimum absolute atomic E-state index is 0.0435. The fraction of sp³-hybridized carbons (Fsp3) is 0.300. The van der Waals surface area contributed by atoms with E-state index in [2.05, 4.69) is 69.2 Å². The van der Waals surface area contributed by atoms with Gasteiger partial charge in [0.2, 0.25) is 0 Å². The molecule has 0 spiro atoms. The zero-order valence-corrected chi connectivity index (χ0v) is 18.8. The molecule has 0 heterocycles. The van der Waals surface area contributed by atoms with Crippen molar-refractivity contribution in [1.82, 2.24) is 5.43 Å². The van der Waals surface area contributed by atoms with Crippen LogP contribution in [0.2, 0.25) is 0 Å². The van der Waals surface area contributed by atoms with Crippen molar-refractivity contribution in [3.63, 3.8) is 0 Å². The number of halogens is 2. The van der Waals surface area contributed by atoms with Gasteiger partial charge in [0.05, 0.1) is 10.7 Å². The summed E-state index contributed by atoms with van der Waals surface area (Å²) in [7, 11) is 0. The summed E-state index contributed by atoms with van der Waals surface area (Å²) in [6.07, 6.45) is 1.37. The van der Waals surface area contributed by atoms with Crippen LogP contribution in [0.5, 0.6) is 11.5 Å². The molecule has 0 aromatic heterocycles. The SMILES string of the molecule is Cc1cc(C(C)(C)C)ccc1OCC(=O)N/N=C\c1cc(Br)cc(Br)c1O. The number of nitrogens with zero attached hydrogens (tertiary/aromatic N) is 1. The molecule has 0 radical (unpaired) electrons. The number of nitrogens with one attached hydrogen (secondary N) is 1. The Bertz CT molecular complexity index is 874. The third-order valence-corrected chi connectivity index (χ3v) is 4.91. The molecule has 27 heavy (non-hydrogen) atoms. The van der Waals surface area contributed by atoms with Crippen molar-refractivity contribution in [2.24, 2.45) is 5.10 Å². The van der Waals surface area contributed by atoms with Crippen molar-refractivity contribution in [2.45, 2.75) is 33.1 Å². The van der Waals surface area contributed by atoms with Crippen LogP contribution in [0.3, 0.4) is 0 Å². The molecule has 0 saturated carbocycles. The van der Waals surface area contributed by atoms with Crippen LogP contribution in [-0.4, -0.2) is 23.8 Å². The number of rotatable bonds is 5. The fourth-order valence-electron chi connectivity index (χ4n) is 2.31. The predicted octanol–water partition coefficient (Wildman–Crippen LogP) is 5.05. The molecule has 144 valence electrons. The number of carbonyl (C=O) groups is 1. The van der Waals surface area contributed by atoms with E-state index in [1.807, 2.05) is 19.1 Å². The molecule has 0 fully saturated rings. The van der Waals surface area contributed by atoms with E-state index in [1.165, 1.54) is 11.8 Å². The van der Waals surface area contributed by atoms with E-state index in [0.29, 0.717) is 15.8 Å². The average Bonchev–Trinajstić information content (AvgIpc) is 2.57. The van der Waals surface area contributed by atoms with Gasteiger partial charge in [-0.3, -0.25) is 4.79 Å². The highest BCUT2D eigenvalue weighted by Crippen LogP contribution is 2.30. The van der Waals surface area contributed by atoms with Gasteiger partial charge in [-0.25, -0.2) is 5.43 Å². The Morgan fingerprint density at radius 1 is 1.26 bits per heavy atom. The van der Waals surface area contributed by atoms with Crippen molar-refractivity contribution in [2.75, 3.05) is 6.61 Å². The van der Waals surface area contributed by atoms with E-state index in [9.17, 15) is 9.90 Å². The third kappa shape index (κ3) is 6.07. The molecule has 0 unspecified atom stereocenters. The number of hydrazone groups is 1. The molecule has 0 atom stereocenters. The van der Waals surface area contributed by atoms with Gasteiger partial charge in [-0.05, 0) is 57.6 Å². The molecule has 2 aromatic carbocycles. The Hall–Kier alpha value is -1.86. The van der Waals surface area contributed by atoms with E-state index in [-0.39, 0.29) is 23.7 Å². The molecule has 0 saturated heterocycles. The number of benzene rings is 2. The molecule has 0 bridgehead atoms. The van der Waals surface area contributed by atoms with Crippen molar-refractivity contribution >= 4 is 44.0 Å². The molecule has 0 aliphatic heterocycles. The summed E-state index contributed by atoms with van der Waals surface area (Å²) in [6.45, 7) is 8.25. The van der Waals surface area contributed by atoms with Crippen LogP contribution < -0.4 is 10.2 Å². The number of hydrogen-bond acceptors (Lipinski definition) is 4. The van der Waals surface area contributed by atoms with Crippen LogP contribution in [0.15, 0.2) is 44.4 Å². The topological polar surface area (TPSA) is 70.9 Å². The quantitative estimate of drug-likeness (QED) is 0.448. The lowest BCUT2D eigenvalue weighted by atomic mass is 9.86. The van der Waals surface area contributed by atoms with E-state index in [0.717, 1.165) is 10.0 Å². The zero-order chi connectivity index (χ0) is 20.2. The molecule has 7 heteroatoms. The highest BCUT2D eigenvalue weighted by Gasteiger charge is 2.15. The molecule has 5 nitrogen and oxygen atoms in total. The lowest BCUT2D eigenvalue weighted by Crippen LogP contribution is -2.24. The van der Waals surface area contributed by atoms with Crippen LogP contribution in [0.25, 0.3) is 0 Å². The average molecular weight is 498 g/mol. The van der Waals surface area contributed by atoms with E-state index in [1.54, 1.807) is 12.1 Å². The van der Waals surface area contributed by atoms with E-state index < -0.39 is 0 Å². The van der Waals surface area contributed by atoms with Crippen LogP contribution >= 0.6 is 31.9 Å². The summed E-state index contributed by atoms with van der Waals surface area (Å²) in [4.78, 5) is 11.9. The van der Waals surface area contributed by atoms with E-state index in [4.69, 9.17) is 4.74 Å². The van der Waals surface area contributed by atoms with Gasteiger partial charge in [0.25, 0.3) is 5.91 Å². The van der Waals surface area contributed by atoms with Crippen molar-refractivity contribution < 1.29 is 14.6 Å². The maximum atomic E-state index is 11.9. The second kappa shape index (κ2) is 8.89. The predicted molar refractivity (Wildman–Crippen MR) is 115 cm³/mol. The van der Waals surface area contributed by atoms with Crippen molar-refractivity contribution in [3.05, 3.63) is 56.0 Å². The highest BCUT2D eigenvalue weighted by atomic mass is 79.9. The minimum atomic E-state index is -0.390. The van der Waals surface area contributed by atoms with Crippen molar-refractivity contribution in [1.29, 1.82) is 0 Å². The molecule has 2 rings (SSSR count). The summed E-state index contributed by atoms with van der Waals surface area (Å²) in [5.74, 6) is 0.316. The van der Waals surface area contributed by atoms with Gasteiger partial charge in [-0.1, -0.05) is 48.8 Å². The molecular formula is C20H22Br2N2O3. The van der Waals surface area contributed by atoms with Crippen LogP contribution in [0.1, 0.15) is 37.5 Å².